The van der Waals surface area contributed by atoms with E-state index in [2.05, 4.69) is 27.0 Å². The fraction of sp³-hybridized carbons (Fsp3) is 0.320. The molecular formula is C25H26BrN3O3S. The number of carbonyl (C=O) groups is 1. The Kier molecular flexibility index (Phi) is 8.22. The average molecular weight is 528 g/mol. The first-order chi connectivity index (χ1) is 15.7. The van der Waals surface area contributed by atoms with Crippen LogP contribution in [0.1, 0.15) is 44.4 Å². The van der Waals surface area contributed by atoms with Gasteiger partial charge in [0.05, 0.1) is 23.6 Å². The molecule has 0 saturated carbocycles. The number of amidine groups is 1. The molecule has 2 aromatic carbocycles. The van der Waals surface area contributed by atoms with Gasteiger partial charge in [0.15, 0.2) is 16.7 Å². The Morgan fingerprint density at radius 2 is 1.94 bits per heavy atom. The van der Waals surface area contributed by atoms with Crippen molar-refractivity contribution >= 4 is 44.8 Å². The molecule has 0 aliphatic carbocycles. The van der Waals surface area contributed by atoms with Crippen LogP contribution in [0.15, 0.2) is 50.8 Å². The zero-order valence-electron chi connectivity index (χ0n) is 19.3. The van der Waals surface area contributed by atoms with E-state index in [1.807, 2.05) is 64.1 Å². The van der Waals surface area contributed by atoms with E-state index < -0.39 is 0 Å². The minimum atomic E-state index is -0.0614. The van der Waals surface area contributed by atoms with Gasteiger partial charge in [-0.1, -0.05) is 34.1 Å². The molecule has 0 unspecified atom stereocenters. The highest BCUT2D eigenvalue weighted by molar-refractivity contribution is 9.10. The Labute approximate surface area is 207 Å². The molecule has 1 saturated heterocycles. The first kappa shape index (κ1) is 24.9. The van der Waals surface area contributed by atoms with Gasteiger partial charge in [-0.25, -0.2) is 0 Å². The van der Waals surface area contributed by atoms with Crippen LogP contribution in [0.5, 0.6) is 11.5 Å². The summed E-state index contributed by atoms with van der Waals surface area (Å²) in [6.07, 6.45) is 1.84. The molecule has 8 heteroatoms. The van der Waals surface area contributed by atoms with E-state index in [9.17, 15) is 10.1 Å². The van der Waals surface area contributed by atoms with Crippen LogP contribution in [0.4, 0.5) is 0 Å². The van der Waals surface area contributed by atoms with Crippen molar-refractivity contribution in [1.82, 2.24) is 4.90 Å². The summed E-state index contributed by atoms with van der Waals surface area (Å²) >= 11 is 4.98. The summed E-state index contributed by atoms with van der Waals surface area (Å²) in [4.78, 5) is 20.0. The highest BCUT2D eigenvalue weighted by atomic mass is 79.9. The molecule has 1 fully saturated rings. The van der Waals surface area contributed by atoms with Crippen LogP contribution in [0, 0.1) is 11.3 Å². The highest BCUT2D eigenvalue weighted by Crippen LogP contribution is 2.39. The lowest BCUT2D eigenvalue weighted by molar-refractivity contribution is -0.123. The van der Waals surface area contributed by atoms with Gasteiger partial charge in [-0.15, -0.1) is 0 Å². The van der Waals surface area contributed by atoms with Gasteiger partial charge in [0.2, 0.25) is 0 Å². The molecule has 0 spiro atoms. The number of thioether (sulfide) groups is 1. The fourth-order valence-corrected chi connectivity index (χ4v) is 4.90. The first-order valence-corrected chi connectivity index (χ1v) is 12.1. The molecule has 1 amide bonds. The Bertz CT molecular complexity index is 1150. The molecule has 1 aliphatic heterocycles. The summed E-state index contributed by atoms with van der Waals surface area (Å²) < 4.78 is 12.3. The first-order valence-electron chi connectivity index (χ1n) is 10.5. The molecule has 2 aromatic rings. The summed E-state index contributed by atoms with van der Waals surface area (Å²) in [5, 5.41) is 10.0. The molecule has 0 aromatic heterocycles. The van der Waals surface area contributed by atoms with Crippen molar-refractivity contribution in [1.29, 1.82) is 5.26 Å². The smallest absolute Gasteiger partial charge is 0.266 e. The quantitative estimate of drug-likeness (QED) is 0.413. The van der Waals surface area contributed by atoms with E-state index >= 15 is 0 Å². The van der Waals surface area contributed by atoms with E-state index in [0.717, 1.165) is 20.8 Å². The summed E-state index contributed by atoms with van der Waals surface area (Å²) in [5.74, 6) is 1.01. The SMILES string of the molecule is COc1cc(/C=C2/SC(=NC(C)C)N(C(C)C)C2=O)c(Br)cc1OCc1ccccc1C#N. The van der Waals surface area contributed by atoms with Gasteiger partial charge in [0, 0.05) is 22.1 Å². The summed E-state index contributed by atoms with van der Waals surface area (Å²) in [6.45, 7) is 8.18. The van der Waals surface area contributed by atoms with Crippen molar-refractivity contribution in [2.45, 2.75) is 46.4 Å². The van der Waals surface area contributed by atoms with Gasteiger partial charge in [-0.05, 0) is 69.3 Å². The number of ether oxygens (including phenoxy) is 2. The van der Waals surface area contributed by atoms with E-state index in [1.54, 1.807) is 18.1 Å². The second-order valence-electron chi connectivity index (χ2n) is 7.97. The van der Waals surface area contributed by atoms with E-state index in [1.165, 1.54) is 11.8 Å². The number of nitriles is 1. The Morgan fingerprint density at radius 1 is 1.21 bits per heavy atom. The normalized spacial score (nSPS) is 16.2. The summed E-state index contributed by atoms with van der Waals surface area (Å²) in [5.41, 5.74) is 2.16. The van der Waals surface area contributed by atoms with Gasteiger partial charge >= 0.3 is 0 Å². The second-order valence-corrected chi connectivity index (χ2v) is 9.83. The molecule has 3 rings (SSSR count). The third-order valence-electron chi connectivity index (χ3n) is 4.81. The Morgan fingerprint density at radius 3 is 2.58 bits per heavy atom. The predicted octanol–water partition coefficient (Wildman–Crippen LogP) is 6.00. The maximum Gasteiger partial charge on any atom is 0.266 e. The van der Waals surface area contributed by atoms with Crippen LogP contribution in [0.2, 0.25) is 0 Å². The Balaban J connectivity index is 1.90. The van der Waals surface area contributed by atoms with Crippen LogP contribution in [-0.4, -0.2) is 35.2 Å². The number of halogens is 1. The van der Waals surface area contributed by atoms with E-state index in [0.29, 0.717) is 22.0 Å². The highest BCUT2D eigenvalue weighted by Gasteiger charge is 2.35. The monoisotopic (exact) mass is 527 g/mol. The predicted molar refractivity (Wildman–Crippen MR) is 136 cm³/mol. The molecular weight excluding hydrogens is 502 g/mol. The molecule has 1 heterocycles. The van der Waals surface area contributed by atoms with Gasteiger partial charge in [0.1, 0.15) is 6.61 Å². The number of benzene rings is 2. The van der Waals surface area contributed by atoms with Crippen molar-refractivity contribution in [3.05, 3.63) is 62.5 Å². The van der Waals surface area contributed by atoms with E-state index in [-0.39, 0.29) is 24.6 Å². The third kappa shape index (κ3) is 5.79. The number of nitrogens with zero attached hydrogens (tertiary/aromatic N) is 3. The fourth-order valence-electron chi connectivity index (χ4n) is 3.24. The third-order valence-corrected chi connectivity index (χ3v) is 6.50. The lowest BCUT2D eigenvalue weighted by Crippen LogP contribution is -2.35. The number of aliphatic imine (C=N–C) groups is 1. The van der Waals surface area contributed by atoms with Crippen LogP contribution < -0.4 is 9.47 Å². The van der Waals surface area contributed by atoms with Crippen molar-refractivity contribution < 1.29 is 14.3 Å². The largest absolute Gasteiger partial charge is 0.493 e. The van der Waals surface area contributed by atoms with Crippen molar-refractivity contribution in [3.63, 3.8) is 0 Å². The molecule has 0 bridgehead atoms. The number of rotatable bonds is 7. The lowest BCUT2D eigenvalue weighted by atomic mass is 10.1. The lowest BCUT2D eigenvalue weighted by Gasteiger charge is -2.20. The second kappa shape index (κ2) is 10.9. The minimum absolute atomic E-state index is 0.0124. The average Bonchev–Trinajstić information content (AvgIpc) is 3.07. The van der Waals surface area contributed by atoms with Gasteiger partial charge in [0.25, 0.3) is 5.91 Å². The number of methoxy groups -OCH3 is 1. The summed E-state index contributed by atoms with van der Waals surface area (Å²) in [6, 6.07) is 13.2. The van der Waals surface area contributed by atoms with Crippen LogP contribution in [-0.2, 0) is 11.4 Å². The molecule has 0 N–H and O–H groups in total. The molecule has 6 nitrogen and oxygen atoms in total. The van der Waals surface area contributed by atoms with Crippen LogP contribution >= 0.6 is 27.7 Å². The zero-order chi connectivity index (χ0) is 24.1. The topological polar surface area (TPSA) is 74.9 Å². The van der Waals surface area contributed by atoms with Gasteiger partial charge in [-0.2, -0.15) is 5.26 Å². The summed E-state index contributed by atoms with van der Waals surface area (Å²) in [7, 11) is 1.57. The molecule has 0 atom stereocenters. The molecule has 33 heavy (non-hydrogen) atoms. The van der Waals surface area contributed by atoms with Gasteiger partial charge in [-0.3, -0.25) is 14.7 Å². The maximum absolute atomic E-state index is 13.1. The van der Waals surface area contributed by atoms with E-state index in [4.69, 9.17) is 9.47 Å². The van der Waals surface area contributed by atoms with Crippen LogP contribution in [0.25, 0.3) is 6.08 Å². The Hall–Kier alpha value is -2.76. The number of amides is 1. The maximum atomic E-state index is 13.1. The van der Waals surface area contributed by atoms with Crippen LogP contribution in [0.3, 0.4) is 0 Å². The minimum Gasteiger partial charge on any atom is -0.493 e. The van der Waals surface area contributed by atoms with Crippen molar-refractivity contribution in [2.24, 2.45) is 4.99 Å². The molecule has 1 aliphatic rings. The molecule has 172 valence electrons. The number of hydrogen-bond donors (Lipinski definition) is 0. The zero-order valence-corrected chi connectivity index (χ0v) is 21.7. The van der Waals surface area contributed by atoms with Crippen molar-refractivity contribution in [2.75, 3.05) is 7.11 Å². The van der Waals surface area contributed by atoms with Gasteiger partial charge < -0.3 is 9.47 Å². The standard InChI is InChI=1S/C25H26BrN3O3S/c1-15(2)28-25-29(16(3)4)24(30)23(33-25)11-19-10-21(31-5)22(12-20(19)26)32-14-18-9-7-6-8-17(18)13-27/h6-12,15-16H,14H2,1-5H3/b23-11+,28-25?. The molecule has 0 radical (unpaired) electrons. The number of carbonyl (C=O) groups excluding carboxylic acids is 1. The number of hydrogen-bond acceptors (Lipinski definition) is 6. The van der Waals surface area contributed by atoms with Crippen molar-refractivity contribution in [3.8, 4) is 17.6 Å².